The van der Waals surface area contributed by atoms with Gasteiger partial charge in [0.15, 0.2) is 9.50 Å². The molecule has 1 amide bonds. The molecule has 10 heteroatoms. The van der Waals surface area contributed by atoms with Crippen molar-refractivity contribution in [1.82, 2.24) is 14.8 Å². The van der Waals surface area contributed by atoms with E-state index in [9.17, 15) is 14.9 Å². The molecule has 0 atom stereocenters. The molecule has 0 radical (unpaired) electrons. The summed E-state index contributed by atoms with van der Waals surface area (Å²) in [5, 5.41) is 12.9. The molecule has 104 valence electrons. The van der Waals surface area contributed by atoms with Crippen LogP contribution < -0.4 is 0 Å². The number of hydrogen-bond acceptors (Lipinski definition) is 5. The van der Waals surface area contributed by atoms with E-state index in [2.05, 4.69) is 10.1 Å². The molecule has 0 saturated heterocycles. The molecule has 0 aliphatic rings. The molecule has 8 nitrogen and oxygen atoms in total. The molecule has 19 heavy (non-hydrogen) atoms. The van der Waals surface area contributed by atoms with Gasteiger partial charge in [-0.05, 0) is 0 Å². The fourth-order valence-corrected chi connectivity index (χ4v) is 2.26. The number of amides is 1. The Balaban J connectivity index is 3.04. The first kappa shape index (κ1) is 15.3. The zero-order valence-electron chi connectivity index (χ0n) is 10.5. The average molecular weight is 306 g/mol. The van der Waals surface area contributed by atoms with Gasteiger partial charge < -0.3 is 4.90 Å². The van der Waals surface area contributed by atoms with Crippen molar-refractivity contribution < 1.29 is 9.83 Å². The number of halogens is 1. The molecule has 1 aromatic rings. The maximum atomic E-state index is 11.6. The fourth-order valence-electron chi connectivity index (χ4n) is 1.29. The van der Waals surface area contributed by atoms with Crippen molar-refractivity contribution >= 4 is 34.8 Å². The van der Waals surface area contributed by atoms with Crippen LogP contribution in [-0.4, -0.2) is 45.8 Å². The summed E-state index contributed by atoms with van der Waals surface area (Å²) in [5.41, 5.74) is 0. The molecule has 0 aliphatic carbocycles. The molecule has 1 rings (SSSR count). The molecule has 0 aromatic carbocycles. The van der Waals surface area contributed by atoms with Crippen LogP contribution in [0.15, 0.2) is 11.3 Å². The SMILES string of the molecule is CC(=O)N(Cc1cnc(Cl)s1)C(=N[N+](=O)[O-])N(C)C. The van der Waals surface area contributed by atoms with Crippen molar-refractivity contribution in [3.63, 3.8) is 0 Å². The summed E-state index contributed by atoms with van der Waals surface area (Å²) in [6, 6.07) is 0. The maximum Gasteiger partial charge on any atom is 0.280 e. The summed E-state index contributed by atoms with van der Waals surface area (Å²) < 4.78 is 0.344. The number of carbonyl (C=O) groups excluding carboxylic acids is 1. The summed E-state index contributed by atoms with van der Waals surface area (Å²) in [6.07, 6.45) is 1.52. The van der Waals surface area contributed by atoms with Crippen LogP contribution in [0.1, 0.15) is 11.8 Å². The Kier molecular flexibility index (Phi) is 5.19. The van der Waals surface area contributed by atoms with E-state index in [1.807, 2.05) is 0 Å². The number of guanidine groups is 1. The number of hydrazone groups is 1. The van der Waals surface area contributed by atoms with E-state index in [-0.39, 0.29) is 18.4 Å². The van der Waals surface area contributed by atoms with Crippen LogP contribution in [-0.2, 0) is 11.3 Å². The summed E-state index contributed by atoms with van der Waals surface area (Å²) in [7, 11) is 3.13. The number of thiazole rings is 1. The Bertz CT molecular complexity index is 516. The summed E-state index contributed by atoms with van der Waals surface area (Å²) in [5.74, 6) is -0.416. The molecular weight excluding hydrogens is 294 g/mol. The van der Waals surface area contributed by atoms with Crippen molar-refractivity contribution in [2.24, 2.45) is 5.10 Å². The first-order chi connectivity index (χ1) is 8.81. The molecule has 0 fully saturated rings. The van der Waals surface area contributed by atoms with E-state index >= 15 is 0 Å². The van der Waals surface area contributed by atoms with Gasteiger partial charge in [-0.25, -0.2) is 15.1 Å². The third-order valence-electron chi connectivity index (χ3n) is 2.03. The normalized spacial score (nSPS) is 11.3. The second-order valence-electron chi connectivity index (χ2n) is 3.72. The lowest BCUT2D eigenvalue weighted by molar-refractivity contribution is -0.486. The van der Waals surface area contributed by atoms with E-state index in [0.29, 0.717) is 9.34 Å². The Morgan fingerprint density at radius 2 is 2.26 bits per heavy atom. The molecule has 1 heterocycles. The van der Waals surface area contributed by atoms with Gasteiger partial charge in [-0.15, -0.1) is 11.3 Å². The zero-order chi connectivity index (χ0) is 14.6. The first-order valence-electron chi connectivity index (χ1n) is 5.10. The lowest BCUT2D eigenvalue weighted by Crippen LogP contribution is -2.43. The van der Waals surface area contributed by atoms with Crippen LogP contribution in [0, 0.1) is 10.1 Å². The van der Waals surface area contributed by atoms with Crippen LogP contribution >= 0.6 is 22.9 Å². The Morgan fingerprint density at radius 1 is 1.63 bits per heavy atom. The molecule has 0 spiro atoms. The van der Waals surface area contributed by atoms with Gasteiger partial charge in [0.2, 0.25) is 5.91 Å². The highest BCUT2D eigenvalue weighted by Crippen LogP contribution is 2.19. The molecule has 1 aromatic heterocycles. The number of hydrogen-bond donors (Lipinski definition) is 0. The van der Waals surface area contributed by atoms with Crippen molar-refractivity contribution in [3.8, 4) is 0 Å². The highest BCUT2D eigenvalue weighted by molar-refractivity contribution is 7.15. The van der Waals surface area contributed by atoms with E-state index < -0.39 is 5.03 Å². The van der Waals surface area contributed by atoms with E-state index in [4.69, 9.17) is 11.6 Å². The van der Waals surface area contributed by atoms with Gasteiger partial charge in [-0.1, -0.05) is 11.6 Å². The third-order valence-corrected chi connectivity index (χ3v) is 3.13. The van der Waals surface area contributed by atoms with Gasteiger partial charge >= 0.3 is 0 Å². The topological polar surface area (TPSA) is 91.9 Å². The van der Waals surface area contributed by atoms with Crippen molar-refractivity contribution in [3.05, 3.63) is 25.7 Å². The summed E-state index contributed by atoms with van der Waals surface area (Å²) in [6.45, 7) is 1.44. The number of carbonyl (C=O) groups is 1. The molecular formula is C9H12ClN5O3S. The second-order valence-corrected chi connectivity index (χ2v) is 5.41. The predicted molar refractivity (Wildman–Crippen MR) is 71.5 cm³/mol. The smallest absolute Gasteiger partial charge is 0.280 e. The minimum absolute atomic E-state index is 0.0537. The second kappa shape index (κ2) is 6.43. The van der Waals surface area contributed by atoms with E-state index in [1.165, 1.54) is 34.3 Å². The van der Waals surface area contributed by atoms with Gasteiger partial charge in [-0.3, -0.25) is 9.69 Å². The molecule has 0 unspecified atom stereocenters. The van der Waals surface area contributed by atoms with E-state index in [1.54, 1.807) is 14.1 Å². The van der Waals surface area contributed by atoms with Gasteiger partial charge in [0, 0.05) is 32.1 Å². The standard InChI is InChI=1S/C9H12ClN5O3S/c1-6(16)14(5-7-4-11-8(10)19-7)9(13(2)3)12-15(17)18/h4H,5H2,1-3H3. The Labute approximate surface area is 118 Å². The van der Waals surface area contributed by atoms with Gasteiger partial charge in [0.05, 0.1) is 6.54 Å². The third kappa shape index (κ3) is 4.45. The van der Waals surface area contributed by atoms with Gasteiger partial charge in [-0.2, -0.15) is 0 Å². The van der Waals surface area contributed by atoms with Crippen LogP contribution in [0.25, 0.3) is 0 Å². The fraction of sp³-hybridized carbons (Fsp3) is 0.444. The maximum absolute atomic E-state index is 11.6. The van der Waals surface area contributed by atoms with Crippen LogP contribution in [0.2, 0.25) is 4.47 Å². The number of nitro groups is 1. The minimum atomic E-state index is -0.842. The Hall–Kier alpha value is -1.74. The lowest BCUT2D eigenvalue weighted by atomic mass is 10.4. The highest BCUT2D eigenvalue weighted by Gasteiger charge is 2.22. The monoisotopic (exact) mass is 305 g/mol. The zero-order valence-corrected chi connectivity index (χ0v) is 12.1. The quantitative estimate of drug-likeness (QED) is 0.363. The van der Waals surface area contributed by atoms with Gasteiger partial charge in [0.1, 0.15) is 5.10 Å². The minimum Gasteiger partial charge on any atom is -0.343 e. The van der Waals surface area contributed by atoms with Crippen LogP contribution in [0.5, 0.6) is 0 Å². The lowest BCUT2D eigenvalue weighted by Gasteiger charge is -2.24. The number of aromatic nitrogens is 1. The van der Waals surface area contributed by atoms with E-state index in [0.717, 1.165) is 0 Å². The first-order valence-corrected chi connectivity index (χ1v) is 6.29. The van der Waals surface area contributed by atoms with Crippen LogP contribution in [0.3, 0.4) is 0 Å². The summed E-state index contributed by atoms with van der Waals surface area (Å²) in [4.78, 5) is 29.3. The molecule has 0 saturated carbocycles. The molecule has 0 N–H and O–H groups in total. The molecule has 0 aliphatic heterocycles. The predicted octanol–water partition coefficient (Wildman–Crippen LogP) is 1.25. The molecule has 0 bridgehead atoms. The summed E-state index contributed by atoms with van der Waals surface area (Å²) >= 11 is 6.90. The number of nitrogens with zero attached hydrogens (tertiary/aromatic N) is 5. The Morgan fingerprint density at radius 3 is 2.63 bits per heavy atom. The van der Waals surface area contributed by atoms with Crippen LogP contribution in [0.4, 0.5) is 0 Å². The average Bonchev–Trinajstić information content (AvgIpc) is 2.68. The number of rotatable bonds is 3. The van der Waals surface area contributed by atoms with Gasteiger partial charge in [0.25, 0.3) is 5.96 Å². The highest BCUT2D eigenvalue weighted by atomic mass is 35.5. The van der Waals surface area contributed by atoms with Crippen molar-refractivity contribution in [2.75, 3.05) is 14.1 Å². The van der Waals surface area contributed by atoms with Crippen molar-refractivity contribution in [1.29, 1.82) is 0 Å². The van der Waals surface area contributed by atoms with Crippen molar-refractivity contribution in [2.45, 2.75) is 13.5 Å². The largest absolute Gasteiger partial charge is 0.343 e.